The Morgan fingerprint density at radius 2 is 2.45 bits per heavy atom. The minimum absolute atomic E-state index is 0.0944. The molecule has 1 unspecified atom stereocenters. The van der Waals surface area contributed by atoms with Crippen LogP contribution in [-0.2, 0) is 0 Å². The molecule has 2 heterocycles. The molecule has 0 aliphatic carbocycles. The second kappa shape index (κ2) is 5.34. The number of hydrogen-bond donors (Lipinski definition) is 1. The maximum Gasteiger partial charge on any atom is 0.271 e. The molecule has 1 fully saturated rings. The fraction of sp³-hybridized carbons (Fsp3) is 0.462. The second-order valence-corrected chi connectivity index (χ2v) is 6.15. The molecule has 0 saturated carbocycles. The quantitative estimate of drug-likeness (QED) is 0.691. The third kappa shape index (κ3) is 2.59. The molecule has 0 spiro atoms. The Bertz CT molecular complexity index is 636. The van der Waals surface area contributed by atoms with E-state index in [1.54, 1.807) is 23.5 Å². The van der Waals surface area contributed by atoms with Gasteiger partial charge in [0.2, 0.25) is 0 Å². The normalized spacial score (nSPS) is 18.6. The Kier molecular flexibility index (Phi) is 3.54. The predicted molar refractivity (Wildman–Crippen MR) is 80.5 cm³/mol. The standard InChI is InChI=1S/C13H16N4O2S/c1-16(8-9-4-5-14-7-9)13-15-11-6-10(17(18)19)2-3-12(11)20-13/h2-3,6,9,14H,4-5,7-8H2,1H3. The van der Waals surface area contributed by atoms with E-state index in [-0.39, 0.29) is 10.6 Å². The van der Waals surface area contributed by atoms with Crippen molar-refractivity contribution in [3.63, 3.8) is 0 Å². The fourth-order valence-electron chi connectivity index (χ4n) is 2.52. The smallest absolute Gasteiger partial charge is 0.271 e. The number of thiazole rings is 1. The maximum atomic E-state index is 10.8. The highest BCUT2D eigenvalue weighted by molar-refractivity contribution is 7.22. The average molecular weight is 292 g/mol. The van der Waals surface area contributed by atoms with Gasteiger partial charge in [0.15, 0.2) is 5.13 Å². The van der Waals surface area contributed by atoms with Gasteiger partial charge in [-0.1, -0.05) is 11.3 Å². The van der Waals surface area contributed by atoms with E-state index in [1.807, 2.05) is 7.05 Å². The van der Waals surface area contributed by atoms with Gasteiger partial charge in [-0.15, -0.1) is 0 Å². The molecule has 7 heteroatoms. The molecule has 20 heavy (non-hydrogen) atoms. The van der Waals surface area contributed by atoms with Gasteiger partial charge in [0.1, 0.15) is 0 Å². The molecule has 1 aliphatic heterocycles. The van der Waals surface area contributed by atoms with Gasteiger partial charge < -0.3 is 10.2 Å². The number of fused-ring (bicyclic) bond motifs is 1. The van der Waals surface area contributed by atoms with Gasteiger partial charge in [-0.2, -0.15) is 0 Å². The first-order valence-corrected chi connectivity index (χ1v) is 7.42. The van der Waals surface area contributed by atoms with Crippen LogP contribution in [0.15, 0.2) is 18.2 Å². The third-order valence-corrected chi connectivity index (χ3v) is 4.74. The average Bonchev–Trinajstić information content (AvgIpc) is 3.05. The lowest BCUT2D eigenvalue weighted by Gasteiger charge is -2.19. The molecular formula is C13H16N4O2S. The number of nitro groups is 1. The van der Waals surface area contributed by atoms with Gasteiger partial charge in [0.25, 0.3) is 5.69 Å². The number of aromatic nitrogens is 1. The molecule has 3 rings (SSSR count). The van der Waals surface area contributed by atoms with E-state index in [9.17, 15) is 10.1 Å². The van der Waals surface area contributed by atoms with Crippen LogP contribution in [-0.4, -0.2) is 36.6 Å². The van der Waals surface area contributed by atoms with Crippen molar-refractivity contribution in [1.29, 1.82) is 0 Å². The van der Waals surface area contributed by atoms with Crippen LogP contribution in [0.1, 0.15) is 6.42 Å². The summed E-state index contributed by atoms with van der Waals surface area (Å²) >= 11 is 1.58. The first-order chi connectivity index (χ1) is 9.63. The van der Waals surface area contributed by atoms with Crippen LogP contribution in [0, 0.1) is 16.0 Å². The number of nitro benzene ring substituents is 1. The van der Waals surface area contributed by atoms with E-state index in [1.165, 1.54) is 12.5 Å². The van der Waals surface area contributed by atoms with Crippen LogP contribution >= 0.6 is 11.3 Å². The van der Waals surface area contributed by atoms with Crippen LogP contribution in [0.4, 0.5) is 10.8 Å². The van der Waals surface area contributed by atoms with Crippen molar-refractivity contribution >= 4 is 32.4 Å². The molecule has 0 radical (unpaired) electrons. The van der Waals surface area contributed by atoms with E-state index in [4.69, 9.17) is 0 Å². The maximum absolute atomic E-state index is 10.8. The molecule has 1 aliphatic rings. The van der Waals surface area contributed by atoms with Crippen LogP contribution < -0.4 is 10.2 Å². The molecule has 1 N–H and O–H groups in total. The summed E-state index contributed by atoms with van der Waals surface area (Å²) < 4.78 is 0.988. The highest BCUT2D eigenvalue weighted by Gasteiger charge is 2.18. The topological polar surface area (TPSA) is 71.3 Å². The summed E-state index contributed by atoms with van der Waals surface area (Å²) in [4.78, 5) is 17.1. The Labute approximate surface area is 120 Å². The molecule has 0 amide bonds. The van der Waals surface area contributed by atoms with Crippen LogP contribution in [0.3, 0.4) is 0 Å². The zero-order chi connectivity index (χ0) is 14.1. The molecule has 2 aromatic rings. The van der Waals surface area contributed by atoms with Crippen molar-refractivity contribution in [2.45, 2.75) is 6.42 Å². The summed E-state index contributed by atoms with van der Waals surface area (Å²) in [5, 5.41) is 15.1. The van der Waals surface area contributed by atoms with Crippen molar-refractivity contribution < 1.29 is 4.92 Å². The molecule has 6 nitrogen and oxygen atoms in total. The zero-order valence-corrected chi connectivity index (χ0v) is 12.0. The monoisotopic (exact) mass is 292 g/mol. The number of anilines is 1. The largest absolute Gasteiger partial charge is 0.351 e. The van der Waals surface area contributed by atoms with Crippen molar-refractivity contribution in [1.82, 2.24) is 10.3 Å². The van der Waals surface area contributed by atoms with Gasteiger partial charge in [-0.05, 0) is 31.5 Å². The molecule has 1 saturated heterocycles. The van der Waals surface area contributed by atoms with Gasteiger partial charge in [-0.25, -0.2) is 4.98 Å². The third-order valence-electron chi connectivity index (χ3n) is 3.59. The molecule has 106 valence electrons. The number of nitrogens with one attached hydrogen (secondary N) is 1. The predicted octanol–water partition coefficient (Wildman–Crippen LogP) is 2.25. The van der Waals surface area contributed by atoms with Crippen LogP contribution in [0.2, 0.25) is 0 Å². The van der Waals surface area contributed by atoms with Crippen LogP contribution in [0.5, 0.6) is 0 Å². The molecule has 1 aromatic heterocycles. The number of rotatable bonds is 4. The van der Waals surface area contributed by atoms with Crippen molar-refractivity contribution in [2.24, 2.45) is 5.92 Å². The van der Waals surface area contributed by atoms with E-state index in [0.29, 0.717) is 11.4 Å². The lowest BCUT2D eigenvalue weighted by Crippen LogP contribution is -2.26. The summed E-state index contributed by atoms with van der Waals surface area (Å²) in [5.74, 6) is 0.654. The number of non-ortho nitro benzene ring substituents is 1. The first-order valence-electron chi connectivity index (χ1n) is 6.60. The SMILES string of the molecule is CN(CC1CCNC1)c1nc2cc([N+](=O)[O-])ccc2s1. The fourth-order valence-corrected chi connectivity index (χ4v) is 3.43. The summed E-state index contributed by atoms with van der Waals surface area (Å²) in [5.41, 5.74) is 0.799. The van der Waals surface area contributed by atoms with Crippen molar-refractivity contribution in [2.75, 3.05) is 31.6 Å². The molecule has 1 atom stereocenters. The zero-order valence-electron chi connectivity index (χ0n) is 11.2. The summed E-state index contributed by atoms with van der Waals surface area (Å²) in [6, 6.07) is 4.85. The lowest BCUT2D eigenvalue weighted by atomic mass is 10.1. The highest BCUT2D eigenvalue weighted by atomic mass is 32.1. The molecular weight excluding hydrogens is 276 g/mol. The van der Waals surface area contributed by atoms with E-state index < -0.39 is 0 Å². The van der Waals surface area contributed by atoms with Crippen molar-refractivity contribution in [3.05, 3.63) is 28.3 Å². The van der Waals surface area contributed by atoms with E-state index >= 15 is 0 Å². The Balaban J connectivity index is 1.82. The van der Waals surface area contributed by atoms with Crippen molar-refractivity contribution in [3.8, 4) is 0 Å². The second-order valence-electron chi connectivity index (χ2n) is 5.14. The Morgan fingerprint density at radius 3 is 3.15 bits per heavy atom. The summed E-state index contributed by atoms with van der Waals surface area (Å²) in [7, 11) is 2.03. The first kappa shape index (κ1) is 13.3. The Morgan fingerprint density at radius 1 is 1.60 bits per heavy atom. The Hall–Kier alpha value is -1.73. The minimum Gasteiger partial charge on any atom is -0.351 e. The van der Waals surface area contributed by atoms with Gasteiger partial charge in [-0.3, -0.25) is 10.1 Å². The number of nitrogens with zero attached hydrogens (tertiary/aromatic N) is 3. The van der Waals surface area contributed by atoms with Gasteiger partial charge in [0, 0.05) is 25.7 Å². The van der Waals surface area contributed by atoms with E-state index in [0.717, 1.165) is 29.5 Å². The molecule has 0 bridgehead atoms. The summed E-state index contributed by atoms with van der Waals surface area (Å²) in [6.07, 6.45) is 1.20. The van der Waals surface area contributed by atoms with Crippen LogP contribution in [0.25, 0.3) is 10.2 Å². The molecule has 1 aromatic carbocycles. The summed E-state index contributed by atoms with van der Waals surface area (Å²) in [6.45, 7) is 3.11. The highest BCUT2D eigenvalue weighted by Crippen LogP contribution is 2.31. The lowest BCUT2D eigenvalue weighted by molar-refractivity contribution is -0.384. The minimum atomic E-state index is -0.383. The number of benzene rings is 1. The van der Waals surface area contributed by atoms with E-state index in [2.05, 4.69) is 15.2 Å². The van der Waals surface area contributed by atoms with Gasteiger partial charge >= 0.3 is 0 Å². The number of hydrogen-bond acceptors (Lipinski definition) is 6. The van der Waals surface area contributed by atoms with Gasteiger partial charge in [0.05, 0.1) is 15.1 Å².